The van der Waals surface area contributed by atoms with E-state index in [9.17, 15) is 5.11 Å². The summed E-state index contributed by atoms with van der Waals surface area (Å²) in [4.78, 5) is 2.65. The Labute approximate surface area is 93.7 Å². The van der Waals surface area contributed by atoms with E-state index >= 15 is 0 Å². The zero-order valence-electron chi connectivity index (χ0n) is 9.83. The Morgan fingerprint density at radius 3 is 2.20 bits per heavy atom. The van der Waals surface area contributed by atoms with Gasteiger partial charge in [-0.2, -0.15) is 0 Å². The quantitative estimate of drug-likeness (QED) is 0.674. The average molecular weight is 211 g/mol. The van der Waals surface area contributed by atoms with Gasteiger partial charge in [0, 0.05) is 12.6 Å². The molecule has 1 aliphatic carbocycles. The minimum atomic E-state index is -0.0271. The molecule has 1 N–H and O–H groups in total. The molecule has 1 unspecified atom stereocenters. The molecule has 88 valence electrons. The van der Waals surface area contributed by atoms with Gasteiger partial charge < -0.3 is 10.0 Å². The minimum Gasteiger partial charge on any atom is -0.393 e. The van der Waals surface area contributed by atoms with Gasteiger partial charge >= 0.3 is 0 Å². The Morgan fingerprint density at radius 1 is 0.733 bits per heavy atom. The van der Waals surface area contributed by atoms with Crippen LogP contribution in [0.1, 0.15) is 57.8 Å². The van der Waals surface area contributed by atoms with Gasteiger partial charge in [-0.3, -0.25) is 0 Å². The Morgan fingerprint density at radius 2 is 1.47 bits per heavy atom. The topological polar surface area (TPSA) is 23.5 Å². The first-order valence-electron chi connectivity index (χ1n) is 6.78. The lowest BCUT2D eigenvalue weighted by atomic mass is 10.1. The Kier molecular flexibility index (Phi) is 4.45. The molecule has 1 saturated carbocycles. The zero-order chi connectivity index (χ0) is 10.5. The molecule has 2 heteroatoms. The molecule has 1 atom stereocenters. The fourth-order valence-corrected chi connectivity index (χ4v) is 3.09. The molecule has 0 aromatic carbocycles. The van der Waals surface area contributed by atoms with Gasteiger partial charge in [0.05, 0.1) is 6.10 Å². The van der Waals surface area contributed by atoms with Gasteiger partial charge in [-0.1, -0.05) is 25.7 Å². The van der Waals surface area contributed by atoms with Gasteiger partial charge in [-0.05, 0) is 38.6 Å². The summed E-state index contributed by atoms with van der Waals surface area (Å²) >= 11 is 0. The maximum atomic E-state index is 9.63. The SMILES string of the molecule is OC1CCCN(C2CCCCCC2)CC1. The summed E-state index contributed by atoms with van der Waals surface area (Å²) in [5.74, 6) is 0. The van der Waals surface area contributed by atoms with E-state index in [0.29, 0.717) is 0 Å². The molecule has 2 rings (SSSR count). The van der Waals surface area contributed by atoms with Crippen LogP contribution in [0.2, 0.25) is 0 Å². The largest absolute Gasteiger partial charge is 0.393 e. The number of hydrogen-bond donors (Lipinski definition) is 1. The molecule has 0 aromatic heterocycles. The lowest BCUT2D eigenvalue weighted by molar-refractivity contribution is 0.143. The predicted molar refractivity (Wildman–Crippen MR) is 62.9 cm³/mol. The van der Waals surface area contributed by atoms with E-state index in [1.807, 2.05) is 0 Å². The lowest BCUT2D eigenvalue weighted by Crippen LogP contribution is -2.36. The minimum absolute atomic E-state index is 0.0271. The summed E-state index contributed by atoms with van der Waals surface area (Å²) in [6, 6.07) is 0.831. The van der Waals surface area contributed by atoms with Crippen LogP contribution < -0.4 is 0 Å². The molecule has 1 heterocycles. The van der Waals surface area contributed by atoms with Crippen molar-refractivity contribution in [3.63, 3.8) is 0 Å². The molecule has 0 aromatic rings. The van der Waals surface area contributed by atoms with Crippen LogP contribution in [-0.4, -0.2) is 35.2 Å². The molecular formula is C13H25NO. The second kappa shape index (κ2) is 5.86. The number of nitrogens with zero attached hydrogens (tertiary/aromatic N) is 1. The summed E-state index contributed by atoms with van der Waals surface area (Å²) < 4.78 is 0. The molecule has 0 amide bonds. The van der Waals surface area contributed by atoms with E-state index in [1.54, 1.807) is 0 Å². The van der Waals surface area contributed by atoms with Crippen LogP contribution in [0.25, 0.3) is 0 Å². The molecule has 15 heavy (non-hydrogen) atoms. The molecular weight excluding hydrogens is 186 g/mol. The Balaban J connectivity index is 1.84. The van der Waals surface area contributed by atoms with Crippen molar-refractivity contribution in [2.45, 2.75) is 69.9 Å². The van der Waals surface area contributed by atoms with Gasteiger partial charge in [0.1, 0.15) is 0 Å². The van der Waals surface area contributed by atoms with E-state index in [0.717, 1.165) is 25.4 Å². The molecule has 1 saturated heterocycles. The third-order valence-corrected chi connectivity index (χ3v) is 4.07. The average Bonchev–Trinajstić information content (AvgIpc) is 2.59. The second-order valence-corrected chi connectivity index (χ2v) is 5.27. The molecule has 0 bridgehead atoms. The summed E-state index contributed by atoms with van der Waals surface area (Å²) in [5.41, 5.74) is 0. The highest BCUT2D eigenvalue weighted by Crippen LogP contribution is 2.24. The van der Waals surface area contributed by atoms with Crippen molar-refractivity contribution in [1.29, 1.82) is 0 Å². The summed E-state index contributed by atoms with van der Waals surface area (Å²) in [7, 11) is 0. The molecule has 0 radical (unpaired) electrons. The third-order valence-electron chi connectivity index (χ3n) is 4.07. The van der Waals surface area contributed by atoms with Crippen LogP contribution in [-0.2, 0) is 0 Å². The number of hydrogen-bond acceptors (Lipinski definition) is 2. The third kappa shape index (κ3) is 3.46. The summed E-state index contributed by atoms with van der Waals surface area (Å²) in [6.45, 7) is 2.35. The smallest absolute Gasteiger partial charge is 0.0553 e. The van der Waals surface area contributed by atoms with Gasteiger partial charge in [-0.25, -0.2) is 0 Å². The van der Waals surface area contributed by atoms with E-state index in [4.69, 9.17) is 0 Å². The first kappa shape index (κ1) is 11.4. The molecule has 2 aliphatic rings. The van der Waals surface area contributed by atoms with E-state index < -0.39 is 0 Å². The summed E-state index contributed by atoms with van der Waals surface area (Å²) in [5, 5.41) is 9.63. The van der Waals surface area contributed by atoms with Gasteiger partial charge in [0.2, 0.25) is 0 Å². The highest BCUT2D eigenvalue weighted by molar-refractivity contribution is 4.78. The molecule has 2 fully saturated rings. The molecule has 1 aliphatic heterocycles. The van der Waals surface area contributed by atoms with Gasteiger partial charge in [0.15, 0.2) is 0 Å². The standard InChI is InChI=1S/C13H25NO/c15-13-8-5-10-14(11-9-13)12-6-3-1-2-4-7-12/h12-13,15H,1-11H2. The van der Waals surface area contributed by atoms with Crippen LogP contribution in [0.15, 0.2) is 0 Å². The van der Waals surface area contributed by atoms with E-state index in [1.165, 1.54) is 51.5 Å². The van der Waals surface area contributed by atoms with Crippen LogP contribution in [0.3, 0.4) is 0 Å². The second-order valence-electron chi connectivity index (χ2n) is 5.27. The van der Waals surface area contributed by atoms with Crippen LogP contribution in [0, 0.1) is 0 Å². The molecule has 2 nitrogen and oxygen atoms in total. The van der Waals surface area contributed by atoms with Crippen molar-refractivity contribution < 1.29 is 5.11 Å². The maximum absolute atomic E-state index is 9.63. The number of aliphatic hydroxyl groups excluding tert-OH is 1. The van der Waals surface area contributed by atoms with E-state index in [-0.39, 0.29) is 6.10 Å². The van der Waals surface area contributed by atoms with Gasteiger partial charge in [-0.15, -0.1) is 0 Å². The number of rotatable bonds is 1. The van der Waals surface area contributed by atoms with Crippen LogP contribution in [0.4, 0.5) is 0 Å². The normalized spacial score (nSPS) is 32.2. The highest BCUT2D eigenvalue weighted by atomic mass is 16.3. The van der Waals surface area contributed by atoms with Crippen LogP contribution in [0.5, 0.6) is 0 Å². The number of likely N-dealkylation sites (tertiary alicyclic amines) is 1. The first-order chi connectivity index (χ1) is 7.36. The van der Waals surface area contributed by atoms with E-state index in [2.05, 4.69) is 4.90 Å². The van der Waals surface area contributed by atoms with Crippen molar-refractivity contribution in [3.8, 4) is 0 Å². The summed E-state index contributed by atoms with van der Waals surface area (Å²) in [6.07, 6.45) is 11.7. The van der Waals surface area contributed by atoms with Crippen molar-refractivity contribution in [3.05, 3.63) is 0 Å². The lowest BCUT2D eigenvalue weighted by Gasteiger charge is -2.29. The predicted octanol–water partition coefficient (Wildman–Crippen LogP) is 2.56. The van der Waals surface area contributed by atoms with Crippen molar-refractivity contribution in [2.24, 2.45) is 0 Å². The number of aliphatic hydroxyl groups is 1. The van der Waals surface area contributed by atoms with Crippen molar-refractivity contribution in [1.82, 2.24) is 4.90 Å². The molecule has 0 spiro atoms. The zero-order valence-corrected chi connectivity index (χ0v) is 9.83. The monoisotopic (exact) mass is 211 g/mol. The van der Waals surface area contributed by atoms with Crippen LogP contribution >= 0.6 is 0 Å². The van der Waals surface area contributed by atoms with Crippen molar-refractivity contribution in [2.75, 3.05) is 13.1 Å². The fourth-order valence-electron chi connectivity index (χ4n) is 3.09. The maximum Gasteiger partial charge on any atom is 0.0553 e. The Hall–Kier alpha value is -0.0800. The van der Waals surface area contributed by atoms with Gasteiger partial charge in [0.25, 0.3) is 0 Å². The highest BCUT2D eigenvalue weighted by Gasteiger charge is 2.22. The fraction of sp³-hybridized carbons (Fsp3) is 1.00. The first-order valence-corrected chi connectivity index (χ1v) is 6.78. The Bertz CT molecular complexity index is 175. The van der Waals surface area contributed by atoms with Crippen molar-refractivity contribution >= 4 is 0 Å².